The number of nitrogens with one attached hydrogen (secondary N) is 2. The molecule has 2 aliphatic heterocycles. The number of hydrogen-bond donors (Lipinski definition) is 3. The summed E-state index contributed by atoms with van der Waals surface area (Å²) >= 11 is 20.9. The zero-order chi connectivity index (χ0) is 32.4. The van der Waals surface area contributed by atoms with Gasteiger partial charge in [-0.05, 0) is 55.2 Å². The van der Waals surface area contributed by atoms with Gasteiger partial charge in [-0.25, -0.2) is 4.98 Å². The van der Waals surface area contributed by atoms with Crippen molar-refractivity contribution in [2.45, 2.75) is 51.4 Å². The number of aliphatic hydroxyl groups excluding tert-OH is 1. The van der Waals surface area contributed by atoms with Gasteiger partial charge in [0.1, 0.15) is 0 Å². The van der Waals surface area contributed by atoms with Crippen LogP contribution in [0.5, 0.6) is 5.88 Å². The predicted molar refractivity (Wildman–Crippen MR) is 183 cm³/mol. The number of aromatic nitrogens is 2. The molecular formula is C35H36Cl3N5O3. The molecule has 1 unspecified atom stereocenters. The lowest BCUT2D eigenvalue weighted by Crippen LogP contribution is -2.35. The maximum atomic E-state index is 11.5. The zero-order valence-corrected chi connectivity index (χ0v) is 28.0. The van der Waals surface area contributed by atoms with E-state index >= 15 is 0 Å². The van der Waals surface area contributed by atoms with E-state index in [9.17, 15) is 9.90 Å². The molecule has 11 heteroatoms. The summed E-state index contributed by atoms with van der Waals surface area (Å²) in [6.07, 6.45) is 3.57. The normalized spacial score (nSPS) is 17.1. The highest BCUT2D eigenvalue weighted by Gasteiger charge is 2.24. The number of halogens is 3. The molecule has 1 saturated heterocycles. The maximum Gasteiger partial charge on any atom is 0.220 e. The number of fused-ring (bicyclic) bond motifs is 1. The summed E-state index contributed by atoms with van der Waals surface area (Å²) in [4.78, 5) is 23.1. The van der Waals surface area contributed by atoms with Gasteiger partial charge in [0.05, 0.1) is 34.6 Å². The summed E-state index contributed by atoms with van der Waals surface area (Å²) in [5.74, 6) is 0.605. The van der Waals surface area contributed by atoms with Gasteiger partial charge in [0.15, 0.2) is 0 Å². The number of rotatable bonds is 10. The van der Waals surface area contributed by atoms with Crippen molar-refractivity contribution in [1.29, 1.82) is 0 Å². The number of hydrogen-bond acceptors (Lipinski definition) is 7. The third kappa shape index (κ3) is 7.03. The second-order valence-corrected chi connectivity index (χ2v) is 13.1. The van der Waals surface area contributed by atoms with Gasteiger partial charge in [-0.2, -0.15) is 0 Å². The van der Waals surface area contributed by atoms with Gasteiger partial charge in [0, 0.05) is 84.2 Å². The van der Waals surface area contributed by atoms with E-state index in [1.807, 2.05) is 42.5 Å². The minimum Gasteiger partial charge on any atom is -0.481 e. The SMILES string of the molecule is COc1nc(-c2cccc(-c3ccnc(-c4cc(Cl)c5c(c4)CCN(CC(C)O)C5)c3Cl)c2Cl)ccc1CNC[C@@H]1CCC(=O)N1. The molecule has 2 aromatic heterocycles. The quantitative estimate of drug-likeness (QED) is 0.175. The summed E-state index contributed by atoms with van der Waals surface area (Å²) in [5.41, 5.74) is 7.56. The molecule has 4 aromatic rings. The van der Waals surface area contributed by atoms with Gasteiger partial charge >= 0.3 is 0 Å². The monoisotopic (exact) mass is 679 g/mol. The average molecular weight is 681 g/mol. The first-order valence-corrected chi connectivity index (χ1v) is 16.5. The van der Waals surface area contributed by atoms with Crippen LogP contribution in [-0.2, 0) is 24.3 Å². The van der Waals surface area contributed by atoms with E-state index in [1.165, 1.54) is 0 Å². The molecular weight excluding hydrogens is 645 g/mol. The van der Waals surface area contributed by atoms with Crippen LogP contribution in [0.25, 0.3) is 33.6 Å². The van der Waals surface area contributed by atoms with Crippen molar-refractivity contribution in [3.8, 4) is 39.5 Å². The zero-order valence-electron chi connectivity index (χ0n) is 25.7. The van der Waals surface area contributed by atoms with E-state index < -0.39 is 6.10 Å². The third-order valence-corrected chi connectivity index (χ3v) is 9.67. The molecule has 0 saturated carbocycles. The number of carbonyl (C=O) groups excluding carboxylic acids is 1. The summed E-state index contributed by atoms with van der Waals surface area (Å²) < 4.78 is 5.64. The van der Waals surface area contributed by atoms with Crippen LogP contribution in [0.4, 0.5) is 0 Å². The molecule has 4 heterocycles. The van der Waals surface area contributed by atoms with Gasteiger partial charge in [0.2, 0.25) is 11.8 Å². The minimum absolute atomic E-state index is 0.101. The van der Waals surface area contributed by atoms with Crippen molar-refractivity contribution in [3.63, 3.8) is 0 Å². The topological polar surface area (TPSA) is 99.6 Å². The highest BCUT2D eigenvalue weighted by Crippen LogP contribution is 2.42. The van der Waals surface area contributed by atoms with Crippen LogP contribution in [0.1, 0.15) is 36.5 Å². The molecule has 2 atom stereocenters. The van der Waals surface area contributed by atoms with Crippen molar-refractivity contribution >= 4 is 40.7 Å². The Kier molecular flexibility index (Phi) is 10.1. The number of pyridine rings is 2. The number of nitrogens with zero attached hydrogens (tertiary/aromatic N) is 3. The molecule has 6 rings (SSSR count). The number of β-amino-alcohol motifs (C(OH)–C–C–N with tert-alkyl or cyclic N) is 1. The smallest absolute Gasteiger partial charge is 0.220 e. The number of aliphatic hydroxyl groups is 1. The van der Waals surface area contributed by atoms with E-state index in [-0.39, 0.29) is 11.9 Å². The Labute approximate surface area is 284 Å². The molecule has 1 amide bonds. The molecule has 2 aromatic carbocycles. The molecule has 0 bridgehead atoms. The standard InChI is InChI=1S/C35H36Cl3N5O3/c1-20(44)18-43-13-11-21-14-23(15-29(36)28(21)19-43)34-33(38)26(10-12-40-34)25-4-3-5-27(32(25)37)30-8-6-22(35(42-30)46-2)16-39-17-24-7-9-31(45)41-24/h3-6,8,10,12,14-15,20,24,39,44H,7,9,11,13,16-19H2,1-2H3,(H,41,45)/t20?,24-/m0/s1. The molecule has 3 N–H and O–H groups in total. The van der Waals surface area contributed by atoms with Crippen LogP contribution >= 0.6 is 34.8 Å². The Balaban J connectivity index is 1.26. The van der Waals surface area contributed by atoms with Gasteiger partial charge in [0.25, 0.3) is 0 Å². The van der Waals surface area contributed by atoms with E-state index in [2.05, 4.69) is 26.6 Å². The first-order chi connectivity index (χ1) is 22.2. The van der Waals surface area contributed by atoms with Crippen molar-refractivity contribution in [1.82, 2.24) is 25.5 Å². The Bertz CT molecular complexity index is 1770. The molecule has 8 nitrogen and oxygen atoms in total. The Hall–Kier alpha value is -3.24. The van der Waals surface area contributed by atoms with Crippen LogP contribution in [0.2, 0.25) is 15.1 Å². The van der Waals surface area contributed by atoms with Crippen molar-refractivity contribution < 1.29 is 14.6 Å². The molecule has 0 spiro atoms. The molecule has 240 valence electrons. The van der Waals surface area contributed by atoms with Gasteiger partial charge < -0.3 is 20.5 Å². The second-order valence-electron chi connectivity index (χ2n) is 11.9. The summed E-state index contributed by atoms with van der Waals surface area (Å²) in [6.45, 7) is 5.18. The largest absolute Gasteiger partial charge is 0.481 e. The third-order valence-electron chi connectivity index (χ3n) is 8.54. The number of benzene rings is 2. The second kappa shape index (κ2) is 14.3. The number of methoxy groups -OCH3 is 1. The van der Waals surface area contributed by atoms with E-state index in [4.69, 9.17) is 44.5 Å². The lowest BCUT2D eigenvalue weighted by Gasteiger charge is -2.30. The number of amides is 1. The van der Waals surface area contributed by atoms with Crippen molar-refractivity contribution in [2.75, 3.05) is 26.7 Å². The Morgan fingerprint density at radius 2 is 1.89 bits per heavy atom. The van der Waals surface area contributed by atoms with Gasteiger partial charge in [-0.15, -0.1) is 0 Å². The Morgan fingerprint density at radius 1 is 1.09 bits per heavy atom. The van der Waals surface area contributed by atoms with Crippen LogP contribution < -0.4 is 15.4 Å². The fourth-order valence-electron chi connectivity index (χ4n) is 6.27. The molecule has 46 heavy (non-hydrogen) atoms. The van der Waals surface area contributed by atoms with E-state index in [0.717, 1.165) is 58.3 Å². The molecule has 1 fully saturated rings. The summed E-state index contributed by atoms with van der Waals surface area (Å²) in [7, 11) is 1.60. The number of carbonyl (C=O) groups is 1. The van der Waals surface area contributed by atoms with Crippen LogP contribution in [-0.4, -0.2) is 64.8 Å². The fourth-order valence-corrected chi connectivity index (χ4v) is 7.22. The van der Waals surface area contributed by atoms with Crippen molar-refractivity contribution in [2.24, 2.45) is 0 Å². The van der Waals surface area contributed by atoms with Crippen LogP contribution in [0.15, 0.2) is 54.7 Å². The fraction of sp³-hybridized carbons (Fsp3) is 0.343. The lowest BCUT2D eigenvalue weighted by molar-refractivity contribution is -0.119. The minimum atomic E-state index is -0.394. The van der Waals surface area contributed by atoms with E-state index in [1.54, 1.807) is 20.2 Å². The Morgan fingerprint density at radius 3 is 2.65 bits per heavy atom. The molecule has 2 aliphatic rings. The molecule has 0 radical (unpaired) electrons. The lowest BCUT2D eigenvalue weighted by atomic mass is 9.94. The van der Waals surface area contributed by atoms with Gasteiger partial charge in [-0.3, -0.25) is 14.7 Å². The average Bonchev–Trinajstić information content (AvgIpc) is 3.46. The first-order valence-electron chi connectivity index (χ1n) is 15.4. The van der Waals surface area contributed by atoms with Crippen LogP contribution in [0.3, 0.4) is 0 Å². The molecule has 0 aliphatic carbocycles. The maximum absolute atomic E-state index is 11.5. The van der Waals surface area contributed by atoms with Crippen LogP contribution in [0, 0.1) is 0 Å². The highest BCUT2D eigenvalue weighted by atomic mass is 35.5. The number of ether oxygens (including phenoxy) is 1. The summed E-state index contributed by atoms with van der Waals surface area (Å²) in [6, 6.07) is 15.7. The highest BCUT2D eigenvalue weighted by molar-refractivity contribution is 6.39. The predicted octanol–water partition coefficient (Wildman–Crippen LogP) is 6.55. The van der Waals surface area contributed by atoms with E-state index in [0.29, 0.717) is 64.9 Å². The first kappa shape index (κ1) is 32.7. The van der Waals surface area contributed by atoms with Gasteiger partial charge in [-0.1, -0.05) is 59.1 Å². The summed E-state index contributed by atoms with van der Waals surface area (Å²) in [5, 5.41) is 17.9. The van der Waals surface area contributed by atoms with Crippen molar-refractivity contribution in [3.05, 3.63) is 86.5 Å².